The smallest absolute Gasteiger partial charge is 0.105 e. The lowest BCUT2D eigenvalue weighted by molar-refractivity contribution is 0.0520. The lowest BCUT2D eigenvalue weighted by Gasteiger charge is -2.46. The van der Waals surface area contributed by atoms with Gasteiger partial charge in [-0.05, 0) is 18.8 Å². The number of hydrogen-bond donors (Lipinski definition) is 1. The summed E-state index contributed by atoms with van der Waals surface area (Å²) in [4.78, 5) is 6.98. The van der Waals surface area contributed by atoms with Crippen LogP contribution in [0.2, 0.25) is 0 Å². The van der Waals surface area contributed by atoms with E-state index in [9.17, 15) is 0 Å². The molecule has 0 amide bonds. The van der Waals surface area contributed by atoms with E-state index in [1.54, 1.807) is 0 Å². The number of aryl methyl sites for hydroxylation is 1. The number of imidazole rings is 1. The van der Waals surface area contributed by atoms with Gasteiger partial charge in [-0.3, -0.25) is 4.90 Å². The number of rotatable bonds is 4. The van der Waals surface area contributed by atoms with Crippen LogP contribution in [0.4, 0.5) is 0 Å². The highest BCUT2D eigenvalue weighted by Crippen LogP contribution is 2.26. The molecule has 2 unspecified atom stereocenters. The van der Waals surface area contributed by atoms with Crippen molar-refractivity contribution in [1.82, 2.24) is 19.8 Å². The van der Waals surface area contributed by atoms with Gasteiger partial charge in [-0.25, -0.2) is 4.98 Å². The lowest BCUT2D eigenvalue weighted by atomic mass is 9.83. The molecule has 1 N–H and O–H groups in total. The Bertz CT molecular complexity index is 418. The van der Waals surface area contributed by atoms with Gasteiger partial charge in [0.05, 0.1) is 0 Å². The molecule has 2 rings (SSSR count). The fraction of sp³-hybridized carbons (Fsp3) is 0.812. The van der Waals surface area contributed by atoms with Gasteiger partial charge in [0, 0.05) is 50.7 Å². The maximum atomic E-state index is 4.31. The first-order valence-corrected chi connectivity index (χ1v) is 7.87. The summed E-state index contributed by atoms with van der Waals surface area (Å²) >= 11 is 0. The minimum Gasteiger partial charge on any atom is -0.334 e. The molecule has 1 aliphatic rings. The van der Waals surface area contributed by atoms with Crippen molar-refractivity contribution >= 4 is 0 Å². The molecule has 1 aromatic heterocycles. The Labute approximate surface area is 123 Å². The van der Waals surface area contributed by atoms with Crippen molar-refractivity contribution in [2.45, 2.75) is 59.7 Å². The van der Waals surface area contributed by atoms with E-state index in [0.29, 0.717) is 17.5 Å². The standard InChI is InChI=1S/C16H30N4/c1-6-14-12-20(15(11-18-14)16(3,4)5)10-9-19-8-7-17-13(19)2/h7-8,14-15,18H,6,9-12H2,1-5H3. The molecule has 4 heteroatoms. The van der Waals surface area contributed by atoms with Crippen LogP contribution < -0.4 is 5.32 Å². The molecular formula is C16H30N4. The number of piperazine rings is 1. The molecule has 0 aliphatic carbocycles. The van der Waals surface area contributed by atoms with Gasteiger partial charge in [0.2, 0.25) is 0 Å². The van der Waals surface area contributed by atoms with Gasteiger partial charge in [0.25, 0.3) is 0 Å². The van der Waals surface area contributed by atoms with Gasteiger partial charge in [-0.1, -0.05) is 27.7 Å². The molecule has 0 bridgehead atoms. The van der Waals surface area contributed by atoms with Crippen LogP contribution in [0.15, 0.2) is 12.4 Å². The predicted octanol–water partition coefficient (Wildman–Crippen LogP) is 2.29. The van der Waals surface area contributed by atoms with Crippen LogP contribution in [-0.2, 0) is 6.54 Å². The SMILES string of the molecule is CCC1CN(CCn2ccnc2C)C(C(C)(C)C)CN1. The summed E-state index contributed by atoms with van der Waals surface area (Å²) < 4.78 is 2.25. The minimum absolute atomic E-state index is 0.315. The molecule has 0 saturated carbocycles. The molecular weight excluding hydrogens is 248 g/mol. The molecule has 0 spiro atoms. The van der Waals surface area contributed by atoms with E-state index in [1.807, 2.05) is 6.20 Å². The van der Waals surface area contributed by atoms with Crippen LogP contribution in [0.1, 0.15) is 39.9 Å². The van der Waals surface area contributed by atoms with Crippen molar-refractivity contribution in [3.8, 4) is 0 Å². The van der Waals surface area contributed by atoms with Gasteiger partial charge >= 0.3 is 0 Å². The molecule has 1 fully saturated rings. The van der Waals surface area contributed by atoms with E-state index in [-0.39, 0.29) is 0 Å². The summed E-state index contributed by atoms with van der Waals surface area (Å²) in [6.45, 7) is 15.8. The molecule has 20 heavy (non-hydrogen) atoms. The Morgan fingerprint density at radius 1 is 1.35 bits per heavy atom. The summed E-state index contributed by atoms with van der Waals surface area (Å²) in [5.74, 6) is 1.11. The van der Waals surface area contributed by atoms with Crippen LogP contribution in [0.25, 0.3) is 0 Å². The van der Waals surface area contributed by atoms with Crippen molar-refractivity contribution in [1.29, 1.82) is 0 Å². The van der Waals surface area contributed by atoms with Gasteiger partial charge < -0.3 is 9.88 Å². The van der Waals surface area contributed by atoms with Crippen molar-refractivity contribution in [3.63, 3.8) is 0 Å². The monoisotopic (exact) mass is 278 g/mol. The maximum absolute atomic E-state index is 4.31. The van der Waals surface area contributed by atoms with Gasteiger partial charge in [0.15, 0.2) is 0 Å². The molecule has 2 atom stereocenters. The largest absolute Gasteiger partial charge is 0.334 e. The number of hydrogen-bond acceptors (Lipinski definition) is 3. The highest BCUT2D eigenvalue weighted by molar-refractivity contribution is 4.93. The zero-order chi connectivity index (χ0) is 14.8. The normalized spacial score (nSPS) is 25.1. The highest BCUT2D eigenvalue weighted by atomic mass is 15.3. The Morgan fingerprint density at radius 3 is 2.65 bits per heavy atom. The third-order valence-corrected chi connectivity index (χ3v) is 4.54. The molecule has 0 radical (unpaired) electrons. The predicted molar refractivity (Wildman–Crippen MR) is 83.9 cm³/mol. The Kier molecular flexibility index (Phi) is 4.86. The molecule has 4 nitrogen and oxygen atoms in total. The topological polar surface area (TPSA) is 33.1 Å². The van der Waals surface area contributed by atoms with Crippen LogP contribution in [0.5, 0.6) is 0 Å². The zero-order valence-electron chi connectivity index (χ0n) is 13.7. The fourth-order valence-electron chi connectivity index (χ4n) is 3.13. The van der Waals surface area contributed by atoms with E-state index in [1.165, 1.54) is 6.42 Å². The highest BCUT2D eigenvalue weighted by Gasteiger charge is 2.34. The zero-order valence-corrected chi connectivity index (χ0v) is 13.7. The van der Waals surface area contributed by atoms with Crippen LogP contribution in [0, 0.1) is 12.3 Å². The summed E-state index contributed by atoms with van der Waals surface area (Å²) in [6, 6.07) is 1.24. The van der Waals surface area contributed by atoms with Gasteiger partial charge in [-0.15, -0.1) is 0 Å². The Hall–Kier alpha value is -0.870. The average molecular weight is 278 g/mol. The second-order valence-corrected chi connectivity index (χ2v) is 7.06. The third kappa shape index (κ3) is 3.61. The van der Waals surface area contributed by atoms with Gasteiger partial charge in [0.1, 0.15) is 5.82 Å². The van der Waals surface area contributed by atoms with Crippen molar-refractivity contribution in [2.24, 2.45) is 5.41 Å². The second-order valence-electron chi connectivity index (χ2n) is 7.06. The maximum Gasteiger partial charge on any atom is 0.105 e. The lowest BCUT2D eigenvalue weighted by Crippen LogP contribution is -2.60. The molecule has 1 saturated heterocycles. The number of nitrogens with zero attached hydrogens (tertiary/aromatic N) is 3. The van der Waals surface area contributed by atoms with Crippen LogP contribution in [0.3, 0.4) is 0 Å². The van der Waals surface area contributed by atoms with Crippen molar-refractivity contribution < 1.29 is 0 Å². The summed E-state index contributed by atoms with van der Waals surface area (Å²) in [5.41, 5.74) is 0.315. The first-order valence-electron chi connectivity index (χ1n) is 7.87. The summed E-state index contributed by atoms with van der Waals surface area (Å²) in [5, 5.41) is 3.70. The molecule has 2 heterocycles. The van der Waals surface area contributed by atoms with Crippen LogP contribution >= 0.6 is 0 Å². The number of nitrogens with one attached hydrogen (secondary N) is 1. The van der Waals surface area contributed by atoms with Crippen LogP contribution in [-0.4, -0.2) is 46.2 Å². The average Bonchev–Trinajstić information content (AvgIpc) is 2.80. The Morgan fingerprint density at radius 2 is 2.10 bits per heavy atom. The van der Waals surface area contributed by atoms with Crippen molar-refractivity contribution in [3.05, 3.63) is 18.2 Å². The minimum atomic E-state index is 0.315. The fourth-order valence-corrected chi connectivity index (χ4v) is 3.13. The first kappa shape index (κ1) is 15.5. The quantitative estimate of drug-likeness (QED) is 0.917. The third-order valence-electron chi connectivity index (χ3n) is 4.54. The summed E-state index contributed by atoms with van der Waals surface area (Å²) in [6.07, 6.45) is 5.18. The second kappa shape index (κ2) is 6.27. The molecule has 114 valence electrons. The molecule has 0 aromatic carbocycles. The summed E-state index contributed by atoms with van der Waals surface area (Å²) in [7, 11) is 0. The van der Waals surface area contributed by atoms with Gasteiger partial charge in [-0.2, -0.15) is 0 Å². The Balaban J connectivity index is 2.01. The molecule has 1 aromatic rings. The van der Waals surface area contributed by atoms with E-state index in [2.05, 4.69) is 60.6 Å². The van der Waals surface area contributed by atoms with E-state index in [0.717, 1.165) is 32.0 Å². The molecule has 1 aliphatic heterocycles. The van der Waals surface area contributed by atoms with E-state index in [4.69, 9.17) is 0 Å². The van der Waals surface area contributed by atoms with Crippen molar-refractivity contribution in [2.75, 3.05) is 19.6 Å². The number of aromatic nitrogens is 2. The first-order chi connectivity index (χ1) is 9.41. The van der Waals surface area contributed by atoms with E-state index < -0.39 is 0 Å². The van der Waals surface area contributed by atoms with E-state index >= 15 is 0 Å².